The predicted molar refractivity (Wildman–Crippen MR) is 59.9 cm³/mol. The number of nitrogens with zero attached hydrogens (tertiary/aromatic N) is 1. The van der Waals surface area contributed by atoms with Gasteiger partial charge >= 0.3 is 0 Å². The Labute approximate surface area is 87.7 Å². The Kier molecular flexibility index (Phi) is 5.93. The molecular formula is C6H13I2N. The zero-order valence-corrected chi connectivity index (χ0v) is 10.1. The lowest BCUT2D eigenvalue weighted by atomic mass is 10.2. The highest BCUT2D eigenvalue weighted by Gasteiger charge is 2.16. The first-order chi connectivity index (χ1) is 3.83. The molecule has 1 rings (SSSR count). The lowest BCUT2D eigenvalue weighted by molar-refractivity contribution is 0.404. The maximum Gasteiger partial charge on any atom is 0.00363 e. The average molecular weight is 353 g/mol. The first-order valence-corrected chi connectivity index (χ1v) is 4.60. The van der Waals surface area contributed by atoms with E-state index in [9.17, 15) is 0 Å². The van der Waals surface area contributed by atoms with Crippen LogP contribution in [0.4, 0.5) is 0 Å². The fourth-order valence-corrected chi connectivity index (χ4v) is 1.87. The quantitative estimate of drug-likeness (QED) is 0.515. The molecule has 0 spiro atoms. The highest BCUT2D eigenvalue weighted by molar-refractivity contribution is 14.1. The molecule has 56 valence electrons. The molecule has 0 aromatic rings. The van der Waals surface area contributed by atoms with Gasteiger partial charge in [0.2, 0.25) is 0 Å². The van der Waals surface area contributed by atoms with Crippen molar-refractivity contribution in [2.75, 3.05) is 24.6 Å². The maximum absolute atomic E-state index is 2.47. The summed E-state index contributed by atoms with van der Waals surface area (Å²) in [5.41, 5.74) is 0. The number of likely N-dealkylation sites (tertiary alicyclic amines) is 1. The van der Waals surface area contributed by atoms with Gasteiger partial charge in [-0.25, -0.2) is 0 Å². The summed E-state index contributed by atoms with van der Waals surface area (Å²) in [7, 11) is 2.20. The van der Waals surface area contributed by atoms with Crippen LogP contribution >= 0.6 is 46.6 Å². The Morgan fingerprint density at radius 2 is 2.33 bits per heavy atom. The molecule has 3 heteroatoms. The maximum atomic E-state index is 2.47. The molecular weight excluding hydrogens is 340 g/mol. The van der Waals surface area contributed by atoms with Crippen LogP contribution in [0.5, 0.6) is 0 Å². The van der Waals surface area contributed by atoms with Gasteiger partial charge in [-0.05, 0) is 25.9 Å². The minimum Gasteiger partial charge on any atom is -0.306 e. The summed E-state index contributed by atoms with van der Waals surface area (Å²) in [5.74, 6) is 0.987. The zero-order chi connectivity index (χ0) is 5.98. The Morgan fingerprint density at radius 3 is 2.56 bits per heavy atom. The Hall–Kier alpha value is 1.42. The number of halogens is 2. The second-order valence-corrected chi connectivity index (χ2v) is 3.45. The predicted octanol–water partition coefficient (Wildman–Crippen LogP) is 1.99. The van der Waals surface area contributed by atoms with Gasteiger partial charge in [-0.1, -0.05) is 22.6 Å². The summed E-state index contributed by atoms with van der Waals surface area (Å²) in [6.07, 6.45) is 1.42. The largest absolute Gasteiger partial charge is 0.306 e. The molecule has 0 saturated carbocycles. The normalized spacial score (nSPS) is 28.0. The molecule has 0 aromatic heterocycles. The van der Waals surface area contributed by atoms with Gasteiger partial charge in [0, 0.05) is 11.0 Å². The van der Waals surface area contributed by atoms with Gasteiger partial charge in [0.1, 0.15) is 0 Å². The fraction of sp³-hybridized carbons (Fsp3) is 1.00. The summed E-state index contributed by atoms with van der Waals surface area (Å²) in [6, 6.07) is 0. The van der Waals surface area contributed by atoms with Crippen LogP contribution in [0, 0.1) is 5.92 Å². The number of rotatable bonds is 1. The van der Waals surface area contributed by atoms with Crippen LogP contribution in [-0.4, -0.2) is 29.5 Å². The van der Waals surface area contributed by atoms with Crippen LogP contribution in [0.3, 0.4) is 0 Å². The highest BCUT2D eigenvalue weighted by atomic mass is 127. The molecule has 1 atom stereocenters. The summed E-state index contributed by atoms with van der Waals surface area (Å²) < 4.78 is 1.34. The molecule has 1 aliphatic rings. The smallest absolute Gasteiger partial charge is 0.00363 e. The third kappa shape index (κ3) is 3.36. The van der Waals surface area contributed by atoms with E-state index >= 15 is 0 Å². The lowest BCUT2D eigenvalue weighted by Crippen LogP contribution is -2.14. The van der Waals surface area contributed by atoms with Crippen molar-refractivity contribution in [2.24, 2.45) is 5.92 Å². The van der Waals surface area contributed by atoms with Crippen molar-refractivity contribution in [3.63, 3.8) is 0 Å². The van der Waals surface area contributed by atoms with E-state index in [0.717, 1.165) is 5.92 Å². The van der Waals surface area contributed by atoms with Gasteiger partial charge in [0.15, 0.2) is 0 Å². The molecule has 9 heavy (non-hydrogen) atoms. The van der Waals surface area contributed by atoms with Gasteiger partial charge in [0.05, 0.1) is 0 Å². The number of hydrogen-bond acceptors (Lipinski definition) is 1. The van der Waals surface area contributed by atoms with Crippen molar-refractivity contribution in [3.05, 3.63) is 0 Å². The second kappa shape index (κ2) is 5.12. The molecule has 0 N–H and O–H groups in total. The van der Waals surface area contributed by atoms with E-state index in [1.54, 1.807) is 0 Å². The summed E-state index contributed by atoms with van der Waals surface area (Å²) in [5, 5.41) is 0. The van der Waals surface area contributed by atoms with Crippen molar-refractivity contribution in [1.29, 1.82) is 0 Å². The molecule has 1 saturated heterocycles. The van der Waals surface area contributed by atoms with Crippen molar-refractivity contribution >= 4 is 46.6 Å². The third-order valence-electron chi connectivity index (χ3n) is 1.71. The molecule has 0 amide bonds. The van der Waals surface area contributed by atoms with Gasteiger partial charge in [-0.15, -0.1) is 24.0 Å². The Bertz CT molecular complexity index is 77.5. The average Bonchev–Trinajstić information content (AvgIpc) is 2.14. The molecule has 0 aromatic carbocycles. The molecule has 1 nitrogen and oxygen atoms in total. The first kappa shape index (κ1) is 10.4. The third-order valence-corrected chi connectivity index (χ3v) is 2.95. The topological polar surface area (TPSA) is 3.24 Å². The van der Waals surface area contributed by atoms with Crippen LogP contribution in [-0.2, 0) is 0 Å². The molecule has 0 aliphatic carbocycles. The second-order valence-electron chi connectivity index (χ2n) is 2.57. The monoisotopic (exact) mass is 353 g/mol. The van der Waals surface area contributed by atoms with Crippen LogP contribution < -0.4 is 0 Å². The van der Waals surface area contributed by atoms with E-state index in [0.29, 0.717) is 0 Å². The minimum atomic E-state index is 0. The van der Waals surface area contributed by atoms with Gasteiger partial charge in [-0.3, -0.25) is 0 Å². The van der Waals surface area contributed by atoms with Gasteiger partial charge < -0.3 is 4.90 Å². The van der Waals surface area contributed by atoms with E-state index in [1.807, 2.05) is 0 Å². The first-order valence-electron chi connectivity index (χ1n) is 3.07. The minimum absolute atomic E-state index is 0. The molecule has 0 radical (unpaired) electrons. The van der Waals surface area contributed by atoms with Crippen molar-refractivity contribution in [3.8, 4) is 0 Å². The number of alkyl halides is 1. The highest BCUT2D eigenvalue weighted by Crippen LogP contribution is 2.15. The summed E-state index contributed by atoms with van der Waals surface area (Å²) >= 11 is 2.47. The van der Waals surface area contributed by atoms with E-state index in [2.05, 4.69) is 34.5 Å². The van der Waals surface area contributed by atoms with Crippen LogP contribution in [0.25, 0.3) is 0 Å². The van der Waals surface area contributed by atoms with E-state index < -0.39 is 0 Å². The SMILES string of the molecule is CN1CCC(CI)C1.I. The fourth-order valence-electron chi connectivity index (χ4n) is 1.15. The standard InChI is InChI=1S/C6H12IN.HI/c1-8-3-2-6(4-7)5-8;/h6H,2-5H2,1H3;1H. The van der Waals surface area contributed by atoms with Crippen molar-refractivity contribution in [2.45, 2.75) is 6.42 Å². The van der Waals surface area contributed by atoms with Gasteiger partial charge in [0.25, 0.3) is 0 Å². The molecule has 1 heterocycles. The van der Waals surface area contributed by atoms with E-state index in [1.165, 1.54) is 23.9 Å². The van der Waals surface area contributed by atoms with Gasteiger partial charge in [-0.2, -0.15) is 0 Å². The molecule has 1 aliphatic heterocycles. The van der Waals surface area contributed by atoms with Crippen LogP contribution in [0.15, 0.2) is 0 Å². The lowest BCUT2D eigenvalue weighted by Gasteiger charge is -2.05. The molecule has 0 bridgehead atoms. The summed E-state index contributed by atoms with van der Waals surface area (Å²) in [4.78, 5) is 2.41. The summed E-state index contributed by atoms with van der Waals surface area (Å²) in [6.45, 7) is 2.64. The molecule has 1 unspecified atom stereocenters. The number of hydrogen-bond donors (Lipinski definition) is 0. The van der Waals surface area contributed by atoms with E-state index in [-0.39, 0.29) is 24.0 Å². The Balaban J connectivity index is 0.000000640. The Morgan fingerprint density at radius 1 is 1.67 bits per heavy atom. The van der Waals surface area contributed by atoms with Crippen LogP contribution in [0.2, 0.25) is 0 Å². The van der Waals surface area contributed by atoms with Crippen molar-refractivity contribution < 1.29 is 0 Å². The van der Waals surface area contributed by atoms with Crippen LogP contribution in [0.1, 0.15) is 6.42 Å². The molecule has 1 fully saturated rings. The zero-order valence-electron chi connectivity index (χ0n) is 5.64. The van der Waals surface area contributed by atoms with Crippen molar-refractivity contribution in [1.82, 2.24) is 4.90 Å². The van der Waals surface area contributed by atoms with E-state index in [4.69, 9.17) is 0 Å².